The number of imidazole rings is 1. The number of aldehydes is 1. The van der Waals surface area contributed by atoms with Crippen molar-refractivity contribution in [1.29, 1.82) is 5.26 Å². The molecule has 3 aromatic heterocycles. The van der Waals surface area contributed by atoms with Crippen LogP contribution >= 0.6 is 11.9 Å². The molecule has 3 aromatic rings. The number of alkyl halides is 2. The van der Waals surface area contributed by atoms with E-state index in [1.54, 1.807) is 13.8 Å². The second kappa shape index (κ2) is 14.6. The average molecular weight is 682 g/mol. The number of anilines is 1. The van der Waals surface area contributed by atoms with Crippen molar-refractivity contribution < 1.29 is 18.3 Å². The van der Waals surface area contributed by atoms with Crippen molar-refractivity contribution in [2.45, 2.75) is 74.6 Å². The van der Waals surface area contributed by atoms with E-state index in [9.17, 15) is 18.8 Å². The van der Waals surface area contributed by atoms with Crippen molar-refractivity contribution in [2.75, 3.05) is 52.4 Å². The Morgan fingerprint density at radius 1 is 1.26 bits per heavy atom. The molecule has 234 valence electrons. The van der Waals surface area contributed by atoms with Crippen LogP contribution in [0, 0.1) is 11.3 Å². The number of nitrogens with one attached hydrogen (secondary N) is 1. The van der Waals surface area contributed by atoms with Gasteiger partial charge in [-0.1, -0.05) is 0 Å². The van der Waals surface area contributed by atoms with E-state index in [1.807, 2.05) is 0 Å². The fraction of sp³-hybridized carbons (Fsp3) is 0.621. The van der Waals surface area contributed by atoms with E-state index >= 15 is 0 Å². The summed E-state index contributed by atoms with van der Waals surface area (Å²) < 4.78 is 34.5. The fourth-order valence-corrected chi connectivity index (χ4v) is 7.05. The first-order chi connectivity index (χ1) is 20.7. The standard InChI is InChI=1S/C23H27FN8SSe.C5H10O2.CH3F/c1-30-7-9-31(10-8-30)17-11-16(33-29-23(14-25)5-6-23)13-32-20(22-28-27-18(12-24)34-22)19(26-21(17)32)15-3-2-4-15;1-5(2,4-6)7-3;1-2/h11,13,15,29H,2-10,12H2,1H3;4H,1-3H3;1H3. The Hall–Kier alpha value is -2.40. The summed E-state index contributed by atoms with van der Waals surface area (Å²) in [5, 5.41) is 18.1. The Kier molecular flexibility index (Phi) is 11.4. The van der Waals surface area contributed by atoms with Gasteiger partial charge in [0.25, 0.3) is 0 Å². The maximum absolute atomic E-state index is 13.4. The monoisotopic (exact) mass is 682 g/mol. The van der Waals surface area contributed by atoms with Crippen molar-refractivity contribution in [2.24, 2.45) is 0 Å². The molecular weight excluding hydrogens is 641 g/mol. The molecule has 43 heavy (non-hydrogen) atoms. The number of hydrogen-bond donors (Lipinski definition) is 1. The van der Waals surface area contributed by atoms with E-state index in [4.69, 9.17) is 9.72 Å². The van der Waals surface area contributed by atoms with Crippen molar-refractivity contribution in [3.8, 4) is 16.3 Å². The second-order valence-electron chi connectivity index (χ2n) is 11.5. The number of methoxy groups -OCH3 is 1. The number of ether oxygens (including phenoxy) is 1. The van der Waals surface area contributed by atoms with Crippen LogP contribution in [-0.2, 0) is 16.2 Å². The molecule has 1 saturated heterocycles. The van der Waals surface area contributed by atoms with E-state index in [-0.39, 0.29) is 14.5 Å². The predicted molar refractivity (Wildman–Crippen MR) is 165 cm³/mol. The van der Waals surface area contributed by atoms with E-state index < -0.39 is 17.8 Å². The van der Waals surface area contributed by atoms with Crippen molar-refractivity contribution in [3.05, 3.63) is 22.5 Å². The molecule has 0 unspecified atom stereocenters. The van der Waals surface area contributed by atoms with Gasteiger partial charge in [0.1, 0.15) is 5.60 Å². The van der Waals surface area contributed by atoms with E-state index in [2.05, 4.69) is 54.5 Å². The number of piperazine rings is 1. The van der Waals surface area contributed by atoms with Gasteiger partial charge < -0.3 is 9.53 Å². The van der Waals surface area contributed by atoms with Crippen molar-refractivity contribution in [1.82, 2.24) is 29.2 Å². The van der Waals surface area contributed by atoms with Crippen LogP contribution in [0.1, 0.15) is 62.1 Å². The smallest absolute Gasteiger partial charge is 0.151 e. The summed E-state index contributed by atoms with van der Waals surface area (Å²) >= 11 is 1.30. The van der Waals surface area contributed by atoms with Crippen molar-refractivity contribution >= 4 is 44.1 Å². The Labute approximate surface area is 262 Å². The molecule has 1 N–H and O–H groups in total. The molecule has 4 heterocycles. The van der Waals surface area contributed by atoms with Crippen LogP contribution in [0.5, 0.6) is 0 Å². The molecule has 1 aliphatic heterocycles. The minimum Gasteiger partial charge on any atom is -0.371 e. The summed E-state index contributed by atoms with van der Waals surface area (Å²) in [7, 11) is 4.17. The summed E-state index contributed by atoms with van der Waals surface area (Å²) in [4.78, 5) is 21.0. The first-order valence-corrected chi connectivity index (χ1v) is 16.9. The minimum absolute atomic E-state index is 0.225. The summed E-state index contributed by atoms with van der Waals surface area (Å²) in [6.07, 6.45) is 8.12. The molecule has 0 aromatic carbocycles. The van der Waals surface area contributed by atoms with Gasteiger partial charge in [0, 0.05) is 7.11 Å². The normalized spacial score (nSPS) is 18.1. The van der Waals surface area contributed by atoms with Crippen molar-refractivity contribution in [3.63, 3.8) is 0 Å². The maximum Gasteiger partial charge on any atom is 0.151 e. The number of hydrogen-bond acceptors (Lipinski definition) is 10. The van der Waals surface area contributed by atoms with Gasteiger partial charge in [0.15, 0.2) is 6.29 Å². The quantitative estimate of drug-likeness (QED) is 0.201. The number of halogens is 2. The van der Waals surface area contributed by atoms with E-state index in [0.717, 1.165) is 90.3 Å². The minimum atomic E-state index is -0.597. The zero-order valence-electron chi connectivity index (χ0n) is 25.4. The van der Waals surface area contributed by atoms with E-state index in [1.165, 1.54) is 25.5 Å². The van der Waals surface area contributed by atoms with Gasteiger partial charge in [0.2, 0.25) is 0 Å². The van der Waals surface area contributed by atoms with Crippen LogP contribution in [0.2, 0.25) is 0 Å². The van der Waals surface area contributed by atoms with Crippen LogP contribution < -0.4 is 9.62 Å². The predicted octanol–water partition coefficient (Wildman–Crippen LogP) is 4.19. The van der Waals surface area contributed by atoms with Crippen LogP contribution in [0.25, 0.3) is 15.9 Å². The SMILES string of the molecule is CF.CN1CCN(c2cc(SNC3(C#N)CC3)cn3c(-c4nnc(CF)[se]4)c(C4CCC4)nc23)CC1.COC(C)(C)C=O. The van der Waals surface area contributed by atoms with Crippen LogP contribution in [0.4, 0.5) is 14.5 Å². The third-order valence-electron chi connectivity index (χ3n) is 7.96. The molecule has 0 atom stereocenters. The maximum atomic E-state index is 13.4. The van der Waals surface area contributed by atoms with Crippen LogP contribution in [0.3, 0.4) is 0 Å². The summed E-state index contributed by atoms with van der Waals surface area (Å²) in [5.74, 6) is 0.422. The molecule has 0 amide bonds. The molecule has 0 bridgehead atoms. The zero-order chi connectivity index (χ0) is 31.2. The number of aromatic nitrogens is 4. The Morgan fingerprint density at radius 3 is 2.44 bits per heavy atom. The molecular formula is C29H40F2N8O2SSe. The average Bonchev–Trinajstić information content (AvgIpc) is 3.47. The van der Waals surface area contributed by atoms with Gasteiger partial charge in [-0.05, 0) is 13.8 Å². The number of rotatable bonds is 9. The van der Waals surface area contributed by atoms with Gasteiger partial charge in [0.05, 0.1) is 7.18 Å². The van der Waals surface area contributed by atoms with Crippen LogP contribution in [0.15, 0.2) is 17.2 Å². The number of nitrogens with zero attached hydrogens (tertiary/aromatic N) is 7. The molecule has 3 aliphatic rings. The first-order valence-electron chi connectivity index (χ1n) is 14.3. The largest absolute Gasteiger partial charge is 0.371 e. The molecule has 0 radical (unpaired) electrons. The fourth-order valence-electron chi connectivity index (χ4n) is 4.60. The number of likely N-dealkylation sites (N-methyl/N-ethyl adjacent to an activating group) is 1. The summed E-state index contributed by atoms with van der Waals surface area (Å²) in [6.45, 7) is 6.77. The third-order valence-corrected chi connectivity index (χ3v) is 10.8. The Balaban J connectivity index is 0.000000416. The van der Waals surface area contributed by atoms with Gasteiger partial charge in [-0.25, -0.2) is 0 Å². The molecule has 14 heteroatoms. The summed E-state index contributed by atoms with van der Waals surface area (Å²) in [5.41, 5.74) is 3.14. The molecule has 10 nitrogen and oxygen atoms in total. The molecule has 2 saturated carbocycles. The molecule has 6 rings (SSSR count). The number of nitriles is 1. The first kappa shape index (κ1) is 33.5. The second-order valence-corrected chi connectivity index (χ2v) is 14.6. The molecule has 0 spiro atoms. The number of carbonyl (C=O) groups is 1. The number of fused-ring (bicyclic) bond motifs is 1. The topological polar surface area (TPSA) is 112 Å². The molecule has 3 fully saturated rings. The molecule has 2 aliphatic carbocycles. The van der Waals surface area contributed by atoms with E-state index in [0.29, 0.717) is 17.7 Å². The van der Waals surface area contributed by atoms with Gasteiger partial charge in [-0.2, -0.15) is 0 Å². The third kappa shape index (κ3) is 7.82. The Bertz CT molecular complexity index is 1430. The van der Waals surface area contributed by atoms with Gasteiger partial charge in [-0.3, -0.25) is 4.39 Å². The Morgan fingerprint density at radius 2 is 1.95 bits per heavy atom. The zero-order valence-corrected chi connectivity index (χ0v) is 27.9. The van der Waals surface area contributed by atoms with Crippen LogP contribution in [-0.4, -0.2) is 104 Å². The van der Waals surface area contributed by atoms with Gasteiger partial charge in [-0.15, -0.1) is 0 Å². The summed E-state index contributed by atoms with van der Waals surface area (Å²) in [6, 6.07) is 4.62. The number of pyridine rings is 1. The number of carbonyl (C=O) groups excluding carboxylic acids is 1. The van der Waals surface area contributed by atoms with Gasteiger partial charge >= 0.3 is 209 Å².